The van der Waals surface area contributed by atoms with Gasteiger partial charge in [-0.1, -0.05) is 19.8 Å². The average Bonchev–Trinajstić information content (AvgIpc) is 2.80. The minimum Gasteiger partial charge on any atom is -0.481 e. The summed E-state index contributed by atoms with van der Waals surface area (Å²) in [5.41, 5.74) is -0.751. The molecule has 0 aromatic heterocycles. The lowest BCUT2D eigenvalue weighted by atomic mass is 9.83. The number of hydrogen-bond acceptors (Lipinski definition) is 3. The maximum absolute atomic E-state index is 11.5. The van der Waals surface area contributed by atoms with Crippen molar-refractivity contribution in [1.29, 1.82) is 5.26 Å². The van der Waals surface area contributed by atoms with Crippen LogP contribution in [0.4, 0.5) is 0 Å². The molecule has 1 fully saturated rings. The van der Waals surface area contributed by atoms with Crippen LogP contribution in [0.3, 0.4) is 0 Å². The fourth-order valence-corrected chi connectivity index (χ4v) is 3.07. The lowest BCUT2D eigenvalue weighted by Gasteiger charge is -2.24. The molecule has 0 amide bonds. The largest absolute Gasteiger partial charge is 0.481 e. The van der Waals surface area contributed by atoms with E-state index in [1.54, 1.807) is 0 Å². The second kappa shape index (κ2) is 7.08. The van der Waals surface area contributed by atoms with Gasteiger partial charge in [0.25, 0.3) is 0 Å². The van der Waals surface area contributed by atoms with Crippen LogP contribution in [0.5, 0.6) is 0 Å². The van der Waals surface area contributed by atoms with Gasteiger partial charge in [-0.25, -0.2) is 0 Å². The van der Waals surface area contributed by atoms with Gasteiger partial charge in [-0.2, -0.15) is 5.26 Å². The van der Waals surface area contributed by atoms with Crippen LogP contribution >= 0.6 is 0 Å². The lowest BCUT2D eigenvalue weighted by Crippen LogP contribution is -2.34. The smallest absolute Gasteiger partial charge is 0.310 e. The number of rotatable bonds is 8. The van der Waals surface area contributed by atoms with Crippen molar-refractivity contribution in [2.24, 2.45) is 10.8 Å². The van der Waals surface area contributed by atoms with Crippen LogP contribution in [0, 0.1) is 22.2 Å². The molecule has 0 aromatic carbocycles. The molecule has 1 rings (SSSR count). The molecule has 1 saturated heterocycles. The quantitative estimate of drug-likeness (QED) is 0.693. The number of carboxylic acid groups (broad SMARTS) is 1. The number of unbranched alkanes of at least 4 members (excludes halogenated alkanes) is 1. The van der Waals surface area contributed by atoms with Gasteiger partial charge in [0.05, 0.1) is 16.9 Å². The SMILES string of the molecule is CCCC1(C(=O)O)CCN(CCCCC(C)(C)C#N)C1. The minimum atomic E-state index is -0.632. The van der Waals surface area contributed by atoms with Crippen molar-refractivity contribution in [3.8, 4) is 6.07 Å². The molecule has 0 radical (unpaired) electrons. The third kappa shape index (κ3) is 4.49. The number of nitriles is 1. The van der Waals surface area contributed by atoms with Gasteiger partial charge in [-0.15, -0.1) is 0 Å². The van der Waals surface area contributed by atoms with Crippen molar-refractivity contribution in [3.05, 3.63) is 0 Å². The minimum absolute atomic E-state index is 0.238. The topological polar surface area (TPSA) is 64.3 Å². The second-order valence-electron chi connectivity index (χ2n) is 6.81. The van der Waals surface area contributed by atoms with Gasteiger partial charge >= 0.3 is 5.97 Å². The fourth-order valence-electron chi connectivity index (χ4n) is 3.07. The summed E-state index contributed by atoms with van der Waals surface area (Å²) in [5.74, 6) is -0.632. The summed E-state index contributed by atoms with van der Waals surface area (Å²) in [7, 11) is 0. The zero-order chi connectivity index (χ0) is 15.2. The maximum atomic E-state index is 11.5. The van der Waals surface area contributed by atoms with Crippen LogP contribution in [0.15, 0.2) is 0 Å². The number of carbonyl (C=O) groups is 1. The molecule has 114 valence electrons. The summed E-state index contributed by atoms with van der Waals surface area (Å²) in [6.45, 7) is 8.54. The highest BCUT2D eigenvalue weighted by Gasteiger charge is 2.43. The standard InChI is InChI=1S/C16H28N2O2/c1-4-7-16(14(19)20)9-11-18(13-16)10-6-5-8-15(2,3)12-17/h4-11,13H2,1-3H3,(H,19,20). The van der Waals surface area contributed by atoms with Gasteiger partial charge in [0.15, 0.2) is 0 Å². The maximum Gasteiger partial charge on any atom is 0.310 e. The first-order valence-corrected chi connectivity index (χ1v) is 7.72. The normalized spacial score (nSPS) is 23.7. The van der Waals surface area contributed by atoms with E-state index in [9.17, 15) is 9.90 Å². The Balaban J connectivity index is 2.34. The molecular formula is C16H28N2O2. The molecule has 1 unspecified atom stereocenters. The summed E-state index contributed by atoms with van der Waals surface area (Å²) < 4.78 is 0. The zero-order valence-electron chi connectivity index (χ0n) is 13.1. The summed E-state index contributed by atoms with van der Waals surface area (Å²) in [6, 6.07) is 2.32. The molecular weight excluding hydrogens is 252 g/mol. The van der Waals surface area contributed by atoms with E-state index in [0.29, 0.717) is 6.54 Å². The fraction of sp³-hybridized carbons (Fsp3) is 0.875. The van der Waals surface area contributed by atoms with E-state index in [4.69, 9.17) is 5.26 Å². The molecule has 0 saturated carbocycles. The number of hydrogen-bond donors (Lipinski definition) is 1. The number of carboxylic acids is 1. The van der Waals surface area contributed by atoms with Crippen molar-refractivity contribution >= 4 is 5.97 Å². The van der Waals surface area contributed by atoms with Gasteiger partial charge in [0.2, 0.25) is 0 Å². The van der Waals surface area contributed by atoms with E-state index in [2.05, 4.69) is 17.9 Å². The molecule has 0 aromatic rings. The number of nitrogens with zero attached hydrogens (tertiary/aromatic N) is 2. The highest BCUT2D eigenvalue weighted by molar-refractivity contribution is 5.75. The predicted octanol–water partition coefficient (Wildman–Crippen LogP) is 3.28. The Morgan fingerprint density at radius 3 is 2.70 bits per heavy atom. The Morgan fingerprint density at radius 2 is 2.15 bits per heavy atom. The highest BCUT2D eigenvalue weighted by atomic mass is 16.4. The molecule has 0 aliphatic carbocycles. The lowest BCUT2D eigenvalue weighted by molar-refractivity contribution is -0.148. The molecule has 0 spiro atoms. The van der Waals surface area contributed by atoms with Crippen molar-refractivity contribution in [2.45, 2.75) is 59.3 Å². The molecule has 1 heterocycles. The van der Waals surface area contributed by atoms with E-state index in [1.165, 1.54) is 0 Å². The van der Waals surface area contributed by atoms with Gasteiger partial charge in [-0.3, -0.25) is 4.79 Å². The van der Waals surface area contributed by atoms with Gasteiger partial charge < -0.3 is 10.0 Å². The molecule has 20 heavy (non-hydrogen) atoms. The molecule has 4 nitrogen and oxygen atoms in total. The van der Waals surface area contributed by atoms with E-state index < -0.39 is 11.4 Å². The third-order valence-electron chi connectivity index (χ3n) is 4.44. The van der Waals surface area contributed by atoms with Gasteiger partial charge in [0.1, 0.15) is 0 Å². The Kier molecular flexibility index (Phi) is 6.01. The Labute approximate surface area is 122 Å². The van der Waals surface area contributed by atoms with Crippen molar-refractivity contribution in [3.63, 3.8) is 0 Å². The van der Waals surface area contributed by atoms with Crippen LogP contribution < -0.4 is 0 Å². The van der Waals surface area contributed by atoms with Crippen LogP contribution in [0.2, 0.25) is 0 Å². The van der Waals surface area contributed by atoms with Crippen LogP contribution in [-0.2, 0) is 4.79 Å². The van der Waals surface area contributed by atoms with E-state index >= 15 is 0 Å². The molecule has 1 aliphatic rings. The highest BCUT2D eigenvalue weighted by Crippen LogP contribution is 2.35. The molecule has 1 atom stereocenters. The van der Waals surface area contributed by atoms with Crippen LogP contribution in [0.1, 0.15) is 59.3 Å². The molecule has 1 N–H and O–H groups in total. The monoisotopic (exact) mass is 280 g/mol. The van der Waals surface area contributed by atoms with Gasteiger partial charge in [0, 0.05) is 6.54 Å². The first kappa shape index (κ1) is 17.0. The Bertz CT molecular complexity index is 373. The van der Waals surface area contributed by atoms with Crippen LogP contribution in [-0.4, -0.2) is 35.6 Å². The number of likely N-dealkylation sites (tertiary alicyclic amines) is 1. The van der Waals surface area contributed by atoms with Crippen LogP contribution in [0.25, 0.3) is 0 Å². The Hall–Kier alpha value is -1.08. The summed E-state index contributed by atoms with van der Waals surface area (Å²) in [5, 5.41) is 18.4. The summed E-state index contributed by atoms with van der Waals surface area (Å²) in [6.07, 6.45) is 5.48. The number of aliphatic carboxylic acids is 1. The second-order valence-corrected chi connectivity index (χ2v) is 6.81. The summed E-state index contributed by atoms with van der Waals surface area (Å²) in [4.78, 5) is 13.8. The average molecular weight is 280 g/mol. The zero-order valence-corrected chi connectivity index (χ0v) is 13.1. The van der Waals surface area contributed by atoms with E-state index in [1.807, 2.05) is 13.8 Å². The Morgan fingerprint density at radius 1 is 1.45 bits per heavy atom. The molecule has 0 bridgehead atoms. The third-order valence-corrected chi connectivity index (χ3v) is 4.44. The predicted molar refractivity (Wildman–Crippen MR) is 79.3 cm³/mol. The molecule has 4 heteroatoms. The van der Waals surface area contributed by atoms with Gasteiger partial charge in [-0.05, 0) is 52.6 Å². The molecule has 1 aliphatic heterocycles. The van der Waals surface area contributed by atoms with Crippen molar-refractivity contribution < 1.29 is 9.90 Å². The van der Waals surface area contributed by atoms with E-state index in [0.717, 1.165) is 51.6 Å². The summed E-state index contributed by atoms with van der Waals surface area (Å²) >= 11 is 0. The van der Waals surface area contributed by atoms with Crippen molar-refractivity contribution in [2.75, 3.05) is 19.6 Å². The first-order valence-electron chi connectivity index (χ1n) is 7.72. The first-order chi connectivity index (χ1) is 9.35. The van der Waals surface area contributed by atoms with Crippen molar-refractivity contribution in [1.82, 2.24) is 4.90 Å². The van der Waals surface area contributed by atoms with E-state index in [-0.39, 0.29) is 5.41 Å².